The van der Waals surface area contributed by atoms with Crippen molar-refractivity contribution in [3.63, 3.8) is 0 Å². The minimum absolute atomic E-state index is 0.357. The smallest absolute Gasteiger partial charge is 0.248 e. The zero-order valence-electron chi connectivity index (χ0n) is 15.7. The fourth-order valence-corrected chi connectivity index (χ4v) is 4.50. The Morgan fingerprint density at radius 2 is 2.04 bits per heavy atom. The van der Waals surface area contributed by atoms with Gasteiger partial charge in [0.2, 0.25) is 5.91 Å². The Kier molecular flexibility index (Phi) is 5.50. The summed E-state index contributed by atoms with van der Waals surface area (Å²) in [5.41, 5.74) is 9.81. The molecule has 2 atom stereocenters. The molecule has 1 fully saturated rings. The number of aromatic nitrogens is 1. The molecular formula is C22H28N4O. The first kappa shape index (κ1) is 18.1. The van der Waals surface area contributed by atoms with Crippen molar-refractivity contribution in [1.29, 1.82) is 0 Å². The number of rotatable bonds is 5. The summed E-state index contributed by atoms with van der Waals surface area (Å²) >= 11 is 0. The second-order valence-electron chi connectivity index (χ2n) is 7.69. The molecule has 0 radical (unpaired) electrons. The summed E-state index contributed by atoms with van der Waals surface area (Å²) in [7, 11) is 0. The molecule has 5 nitrogen and oxygen atoms in total. The summed E-state index contributed by atoms with van der Waals surface area (Å²) in [6.45, 7) is 3.00. The molecule has 4 rings (SSSR count). The average Bonchev–Trinajstić information content (AvgIpc) is 2.73. The number of carbonyl (C=O) groups is 1. The van der Waals surface area contributed by atoms with Crippen LogP contribution in [0.1, 0.15) is 58.9 Å². The second-order valence-corrected chi connectivity index (χ2v) is 7.69. The van der Waals surface area contributed by atoms with Gasteiger partial charge in [-0.25, -0.2) is 0 Å². The van der Waals surface area contributed by atoms with Crippen LogP contribution < -0.4 is 11.1 Å². The van der Waals surface area contributed by atoms with Crippen LogP contribution in [-0.4, -0.2) is 34.9 Å². The van der Waals surface area contributed by atoms with Crippen molar-refractivity contribution in [2.24, 2.45) is 5.73 Å². The van der Waals surface area contributed by atoms with Crippen molar-refractivity contribution in [3.8, 4) is 0 Å². The molecule has 1 saturated heterocycles. The van der Waals surface area contributed by atoms with Crippen molar-refractivity contribution < 1.29 is 4.79 Å². The third-order valence-electron chi connectivity index (χ3n) is 5.91. The number of fused-ring (bicyclic) bond motifs is 1. The highest BCUT2D eigenvalue weighted by atomic mass is 16.1. The number of pyridine rings is 1. The molecule has 1 aliphatic carbocycles. The molecule has 1 aliphatic heterocycles. The first-order valence-corrected chi connectivity index (χ1v) is 10.0. The minimum Gasteiger partial charge on any atom is -0.366 e. The second kappa shape index (κ2) is 8.19. The van der Waals surface area contributed by atoms with Crippen LogP contribution in [-0.2, 0) is 13.0 Å². The highest BCUT2D eigenvalue weighted by molar-refractivity contribution is 5.92. The number of carbonyl (C=O) groups excluding carboxylic acids is 1. The predicted molar refractivity (Wildman–Crippen MR) is 106 cm³/mol. The summed E-state index contributed by atoms with van der Waals surface area (Å²) in [4.78, 5) is 18.8. The predicted octanol–water partition coefficient (Wildman–Crippen LogP) is 2.81. The summed E-state index contributed by atoms with van der Waals surface area (Å²) in [6, 6.07) is 12.9. The van der Waals surface area contributed by atoms with E-state index in [4.69, 9.17) is 10.7 Å². The van der Waals surface area contributed by atoms with E-state index in [1.54, 1.807) is 0 Å². The van der Waals surface area contributed by atoms with Crippen molar-refractivity contribution >= 4 is 5.91 Å². The molecular weight excluding hydrogens is 336 g/mol. The van der Waals surface area contributed by atoms with Gasteiger partial charge < -0.3 is 11.1 Å². The number of benzene rings is 1. The van der Waals surface area contributed by atoms with Crippen molar-refractivity contribution in [2.45, 2.75) is 50.7 Å². The highest BCUT2D eigenvalue weighted by Crippen LogP contribution is 2.36. The fourth-order valence-electron chi connectivity index (χ4n) is 4.50. The Bertz CT molecular complexity index is 783. The van der Waals surface area contributed by atoms with E-state index in [2.05, 4.69) is 22.3 Å². The Hall–Kier alpha value is -2.24. The van der Waals surface area contributed by atoms with Gasteiger partial charge in [-0.15, -0.1) is 0 Å². The molecule has 0 bridgehead atoms. The maximum Gasteiger partial charge on any atom is 0.248 e. The van der Waals surface area contributed by atoms with Gasteiger partial charge in [0, 0.05) is 30.9 Å². The molecule has 2 aliphatic rings. The maximum absolute atomic E-state index is 11.4. The van der Waals surface area contributed by atoms with E-state index in [0.717, 1.165) is 32.5 Å². The molecule has 27 heavy (non-hydrogen) atoms. The molecule has 5 heteroatoms. The van der Waals surface area contributed by atoms with Crippen LogP contribution in [0.15, 0.2) is 42.6 Å². The van der Waals surface area contributed by atoms with Crippen LogP contribution in [0.25, 0.3) is 0 Å². The van der Waals surface area contributed by atoms with Crippen LogP contribution in [0.2, 0.25) is 0 Å². The third kappa shape index (κ3) is 4.04. The van der Waals surface area contributed by atoms with Gasteiger partial charge in [-0.2, -0.15) is 0 Å². The average molecular weight is 364 g/mol. The first-order valence-electron chi connectivity index (χ1n) is 10.0. The SMILES string of the molecule is NC(=O)c1ccc(CN(C2CCCNC2)C2CCCc3cccnc32)cc1. The standard InChI is InChI=1S/C22H28N4O/c23-22(27)18-10-8-16(9-11-18)15-26(19-6-3-12-24-14-19)20-7-1-4-17-5-2-13-25-21(17)20/h2,5,8-11,13,19-20,24H,1,3-4,6-7,12,14-15H2,(H2,23,27). The summed E-state index contributed by atoms with van der Waals surface area (Å²) < 4.78 is 0. The van der Waals surface area contributed by atoms with Crippen molar-refractivity contribution in [2.75, 3.05) is 13.1 Å². The summed E-state index contributed by atoms with van der Waals surface area (Å²) in [5.74, 6) is -0.375. The van der Waals surface area contributed by atoms with E-state index in [1.807, 2.05) is 30.5 Å². The number of hydrogen-bond acceptors (Lipinski definition) is 4. The number of nitrogens with zero attached hydrogens (tertiary/aromatic N) is 2. The minimum atomic E-state index is -0.375. The molecule has 142 valence electrons. The van der Waals surface area contributed by atoms with Gasteiger partial charge in [0.15, 0.2) is 0 Å². The highest BCUT2D eigenvalue weighted by Gasteiger charge is 2.32. The van der Waals surface area contributed by atoms with Gasteiger partial charge in [0.1, 0.15) is 0 Å². The Morgan fingerprint density at radius 3 is 2.78 bits per heavy atom. The van der Waals surface area contributed by atoms with Crippen LogP contribution in [0.4, 0.5) is 0 Å². The number of aryl methyl sites for hydroxylation is 1. The normalized spacial score (nSPS) is 22.4. The number of piperidine rings is 1. The van der Waals surface area contributed by atoms with Crippen LogP contribution in [0, 0.1) is 0 Å². The van der Waals surface area contributed by atoms with E-state index in [1.165, 1.54) is 36.1 Å². The number of hydrogen-bond donors (Lipinski definition) is 2. The number of primary amides is 1. The van der Waals surface area contributed by atoms with Crippen LogP contribution in [0.3, 0.4) is 0 Å². The van der Waals surface area contributed by atoms with Crippen molar-refractivity contribution in [1.82, 2.24) is 15.2 Å². The molecule has 3 N–H and O–H groups in total. The lowest BCUT2D eigenvalue weighted by atomic mass is 9.88. The van der Waals surface area contributed by atoms with Gasteiger partial charge in [0.05, 0.1) is 11.7 Å². The zero-order chi connectivity index (χ0) is 18.6. The van der Waals surface area contributed by atoms with Crippen molar-refractivity contribution in [3.05, 3.63) is 65.0 Å². The number of amides is 1. The quantitative estimate of drug-likeness (QED) is 0.856. The summed E-state index contributed by atoms with van der Waals surface area (Å²) in [5, 5.41) is 3.56. The Labute approximate surface area is 161 Å². The van der Waals surface area contributed by atoms with E-state index in [9.17, 15) is 4.79 Å². The van der Waals surface area contributed by atoms with Gasteiger partial charge in [0.25, 0.3) is 0 Å². The molecule has 2 heterocycles. The van der Waals surface area contributed by atoms with E-state index in [0.29, 0.717) is 17.6 Å². The Morgan fingerprint density at radius 1 is 1.19 bits per heavy atom. The molecule has 2 unspecified atom stereocenters. The van der Waals surface area contributed by atoms with Crippen LogP contribution >= 0.6 is 0 Å². The van der Waals surface area contributed by atoms with Gasteiger partial charge >= 0.3 is 0 Å². The lowest BCUT2D eigenvalue weighted by Crippen LogP contribution is -2.47. The molecule has 1 aromatic heterocycles. The van der Waals surface area contributed by atoms with E-state index >= 15 is 0 Å². The fraction of sp³-hybridized carbons (Fsp3) is 0.455. The van der Waals surface area contributed by atoms with Gasteiger partial charge in [-0.1, -0.05) is 18.2 Å². The van der Waals surface area contributed by atoms with Crippen LogP contribution in [0.5, 0.6) is 0 Å². The van der Waals surface area contributed by atoms with Gasteiger partial charge in [-0.05, 0) is 68.0 Å². The third-order valence-corrected chi connectivity index (χ3v) is 5.91. The molecule has 2 aromatic rings. The molecule has 1 aromatic carbocycles. The molecule has 0 saturated carbocycles. The number of nitrogens with two attached hydrogens (primary N) is 1. The Balaban J connectivity index is 1.62. The zero-order valence-corrected chi connectivity index (χ0v) is 15.7. The maximum atomic E-state index is 11.4. The first-order chi connectivity index (χ1) is 13.2. The summed E-state index contributed by atoms with van der Waals surface area (Å²) in [6.07, 6.45) is 7.84. The molecule has 1 amide bonds. The molecule has 0 spiro atoms. The van der Waals surface area contributed by atoms with Gasteiger partial charge in [-0.3, -0.25) is 14.7 Å². The number of nitrogens with one attached hydrogen (secondary N) is 1. The monoisotopic (exact) mass is 364 g/mol. The lowest BCUT2D eigenvalue weighted by Gasteiger charge is -2.42. The topological polar surface area (TPSA) is 71.2 Å². The lowest BCUT2D eigenvalue weighted by molar-refractivity contribution is 0.0893. The van der Waals surface area contributed by atoms with E-state index in [-0.39, 0.29) is 5.91 Å². The largest absolute Gasteiger partial charge is 0.366 e. The van der Waals surface area contributed by atoms with E-state index < -0.39 is 0 Å².